The molecule has 0 aliphatic rings. The Morgan fingerprint density at radius 1 is 0.947 bits per heavy atom. The zero-order valence-electron chi connectivity index (χ0n) is 12.2. The molecule has 3 aromatic rings. The molecule has 1 heterocycles. The van der Waals surface area contributed by atoms with Gasteiger partial charge in [0, 0.05) is 28.9 Å². The Kier molecular flexibility index (Phi) is 2.85. The lowest BCUT2D eigenvalue weighted by atomic mass is 10.0. The van der Waals surface area contributed by atoms with E-state index in [1.807, 2.05) is 0 Å². The molecule has 2 aromatic carbocycles. The van der Waals surface area contributed by atoms with Crippen LogP contribution in [0.4, 0.5) is 0 Å². The minimum Gasteiger partial charge on any atom is -0.344 e. The molecule has 19 heavy (non-hydrogen) atoms. The maximum atomic E-state index is 2.34. The number of fused-ring (bicyclic) bond motifs is 3. The van der Waals surface area contributed by atoms with E-state index < -0.39 is 0 Å². The highest BCUT2D eigenvalue weighted by atomic mass is 14.9. The lowest BCUT2D eigenvalue weighted by molar-refractivity contribution is 0.866. The number of hydrogen-bond donors (Lipinski definition) is 0. The van der Waals surface area contributed by atoms with Crippen molar-refractivity contribution >= 4 is 21.8 Å². The first-order valence-corrected chi connectivity index (χ1v) is 7.12. The summed E-state index contributed by atoms with van der Waals surface area (Å²) in [4.78, 5) is 0. The van der Waals surface area contributed by atoms with Crippen molar-refractivity contribution in [3.63, 3.8) is 0 Å². The topological polar surface area (TPSA) is 4.93 Å². The quantitative estimate of drug-likeness (QED) is 0.603. The summed E-state index contributed by atoms with van der Waals surface area (Å²) in [5.74, 6) is 0.577. The van der Waals surface area contributed by atoms with Gasteiger partial charge in [-0.1, -0.05) is 45.0 Å². The lowest BCUT2D eigenvalue weighted by Gasteiger charge is -2.06. The van der Waals surface area contributed by atoms with Crippen molar-refractivity contribution in [3.8, 4) is 0 Å². The average Bonchev–Trinajstić information content (AvgIpc) is 2.71. The highest BCUT2D eigenvalue weighted by Gasteiger charge is 2.10. The zero-order chi connectivity index (χ0) is 13.6. The highest BCUT2D eigenvalue weighted by Crippen LogP contribution is 2.31. The van der Waals surface area contributed by atoms with Gasteiger partial charge >= 0.3 is 0 Å². The first kappa shape index (κ1) is 12.3. The van der Waals surface area contributed by atoms with E-state index in [1.54, 1.807) is 0 Å². The molecule has 0 aliphatic heterocycles. The molecule has 0 radical (unpaired) electrons. The summed E-state index contributed by atoms with van der Waals surface area (Å²) in [5, 5.41) is 2.73. The van der Waals surface area contributed by atoms with Gasteiger partial charge in [-0.25, -0.2) is 0 Å². The molecular weight excluding hydrogens is 230 g/mol. The normalized spacial score (nSPS) is 11.8. The Balaban J connectivity index is 2.37. The average molecular weight is 251 g/mol. The van der Waals surface area contributed by atoms with Crippen molar-refractivity contribution in [2.75, 3.05) is 0 Å². The van der Waals surface area contributed by atoms with Gasteiger partial charge in [-0.2, -0.15) is 0 Å². The summed E-state index contributed by atoms with van der Waals surface area (Å²) >= 11 is 0. The zero-order valence-corrected chi connectivity index (χ0v) is 12.2. The van der Waals surface area contributed by atoms with Crippen LogP contribution in [0.1, 0.15) is 37.8 Å². The monoisotopic (exact) mass is 251 g/mol. The third kappa shape index (κ3) is 1.85. The van der Waals surface area contributed by atoms with E-state index in [-0.39, 0.29) is 0 Å². The highest BCUT2D eigenvalue weighted by molar-refractivity contribution is 6.08. The molecule has 0 spiro atoms. The van der Waals surface area contributed by atoms with Gasteiger partial charge in [-0.05, 0) is 35.6 Å². The van der Waals surface area contributed by atoms with Gasteiger partial charge in [0.1, 0.15) is 0 Å². The molecule has 0 bridgehead atoms. The Morgan fingerprint density at radius 3 is 2.21 bits per heavy atom. The van der Waals surface area contributed by atoms with Crippen LogP contribution >= 0.6 is 0 Å². The number of benzene rings is 2. The second kappa shape index (κ2) is 4.41. The standard InChI is InChI=1S/C18H21N/c1-5-13-6-8-15-16-9-7-14(12(2)3)11-18(16)19(4)17(15)10-13/h6-12H,5H2,1-4H3. The fourth-order valence-corrected chi connectivity index (χ4v) is 2.85. The van der Waals surface area contributed by atoms with Crippen molar-refractivity contribution in [1.29, 1.82) is 0 Å². The Labute approximate surface area is 114 Å². The van der Waals surface area contributed by atoms with Crippen LogP contribution in [0.5, 0.6) is 0 Å². The molecule has 98 valence electrons. The minimum absolute atomic E-state index is 0.577. The van der Waals surface area contributed by atoms with E-state index in [0.29, 0.717) is 5.92 Å². The largest absolute Gasteiger partial charge is 0.344 e. The molecule has 0 saturated heterocycles. The van der Waals surface area contributed by atoms with Gasteiger partial charge in [0.2, 0.25) is 0 Å². The van der Waals surface area contributed by atoms with Gasteiger partial charge in [0.25, 0.3) is 0 Å². The predicted octanol–water partition coefficient (Wildman–Crippen LogP) is 5.02. The molecule has 0 aliphatic carbocycles. The van der Waals surface area contributed by atoms with Crippen LogP contribution < -0.4 is 0 Å². The molecule has 0 N–H and O–H groups in total. The number of aromatic nitrogens is 1. The van der Waals surface area contributed by atoms with Crippen molar-refractivity contribution in [2.24, 2.45) is 7.05 Å². The molecule has 1 heteroatoms. The third-order valence-electron chi connectivity index (χ3n) is 4.17. The van der Waals surface area contributed by atoms with E-state index in [1.165, 1.54) is 32.9 Å². The maximum absolute atomic E-state index is 2.34. The van der Waals surface area contributed by atoms with Crippen LogP contribution in [-0.4, -0.2) is 4.57 Å². The predicted molar refractivity (Wildman–Crippen MR) is 83.9 cm³/mol. The van der Waals surface area contributed by atoms with Crippen molar-refractivity contribution in [3.05, 3.63) is 47.5 Å². The summed E-state index contributed by atoms with van der Waals surface area (Å²) < 4.78 is 2.33. The second-order valence-electron chi connectivity index (χ2n) is 5.70. The van der Waals surface area contributed by atoms with Gasteiger partial charge < -0.3 is 4.57 Å². The lowest BCUT2D eigenvalue weighted by Crippen LogP contribution is -1.90. The number of nitrogens with zero attached hydrogens (tertiary/aromatic N) is 1. The number of rotatable bonds is 2. The molecule has 1 nitrogen and oxygen atoms in total. The minimum atomic E-state index is 0.577. The summed E-state index contributed by atoms with van der Waals surface area (Å²) in [6, 6.07) is 13.7. The van der Waals surface area contributed by atoms with Gasteiger partial charge in [0.15, 0.2) is 0 Å². The Bertz CT molecular complexity index is 747. The van der Waals surface area contributed by atoms with Crippen LogP contribution in [-0.2, 0) is 13.5 Å². The van der Waals surface area contributed by atoms with Crippen molar-refractivity contribution in [2.45, 2.75) is 33.1 Å². The van der Waals surface area contributed by atoms with Crippen molar-refractivity contribution in [1.82, 2.24) is 4.57 Å². The summed E-state index contributed by atoms with van der Waals surface area (Å²) in [6.07, 6.45) is 1.09. The van der Waals surface area contributed by atoms with Crippen molar-refractivity contribution < 1.29 is 0 Å². The van der Waals surface area contributed by atoms with E-state index in [9.17, 15) is 0 Å². The summed E-state index contributed by atoms with van der Waals surface area (Å²) in [7, 11) is 2.17. The fraction of sp³-hybridized carbons (Fsp3) is 0.333. The third-order valence-corrected chi connectivity index (χ3v) is 4.17. The molecular formula is C18H21N. The molecule has 0 atom stereocenters. The van der Waals surface area contributed by atoms with E-state index >= 15 is 0 Å². The van der Waals surface area contributed by atoms with E-state index in [2.05, 4.69) is 68.8 Å². The molecule has 0 fully saturated rings. The first-order chi connectivity index (χ1) is 9.11. The molecule has 3 rings (SSSR count). The smallest absolute Gasteiger partial charge is 0.0491 e. The Morgan fingerprint density at radius 2 is 1.58 bits per heavy atom. The first-order valence-electron chi connectivity index (χ1n) is 7.12. The van der Waals surface area contributed by atoms with Crippen LogP contribution in [0.15, 0.2) is 36.4 Å². The van der Waals surface area contributed by atoms with Gasteiger partial charge in [-0.15, -0.1) is 0 Å². The van der Waals surface area contributed by atoms with Crippen LogP contribution in [0.2, 0.25) is 0 Å². The molecule has 1 aromatic heterocycles. The Hall–Kier alpha value is -1.76. The number of hydrogen-bond acceptors (Lipinski definition) is 0. The number of aryl methyl sites for hydroxylation is 2. The summed E-state index contributed by atoms with van der Waals surface area (Å²) in [5.41, 5.74) is 5.50. The van der Waals surface area contributed by atoms with E-state index in [4.69, 9.17) is 0 Å². The summed E-state index contributed by atoms with van der Waals surface area (Å²) in [6.45, 7) is 6.71. The van der Waals surface area contributed by atoms with Crippen LogP contribution in [0.3, 0.4) is 0 Å². The fourth-order valence-electron chi connectivity index (χ4n) is 2.85. The molecule has 0 unspecified atom stereocenters. The molecule has 0 amide bonds. The van der Waals surface area contributed by atoms with Crippen LogP contribution in [0.25, 0.3) is 21.8 Å². The molecule has 0 saturated carbocycles. The van der Waals surface area contributed by atoms with Gasteiger partial charge in [-0.3, -0.25) is 0 Å². The van der Waals surface area contributed by atoms with Gasteiger partial charge in [0.05, 0.1) is 0 Å². The van der Waals surface area contributed by atoms with Crippen LogP contribution in [0, 0.1) is 0 Å². The maximum Gasteiger partial charge on any atom is 0.0491 e. The van der Waals surface area contributed by atoms with E-state index in [0.717, 1.165) is 6.42 Å². The second-order valence-corrected chi connectivity index (χ2v) is 5.70. The SMILES string of the molecule is CCc1ccc2c3ccc(C(C)C)cc3n(C)c2c1.